The Labute approximate surface area is 115 Å². The predicted molar refractivity (Wildman–Crippen MR) is 77.4 cm³/mol. The molecule has 0 spiro atoms. The summed E-state index contributed by atoms with van der Waals surface area (Å²) in [5, 5.41) is 0. The molecule has 1 saturated carbocycles. The van der Waals surface area contributed by atoms with E-state index in [1.54, 1.807) is 25.2 Å². The van der Waals surface area contributed by atoms with E-state index in [4.69, 9.17) is 5.73 Å². The molecule has 4 nitrogen and oxygen atoms in total. The number of rotatable bonds is 5. The highest BCUT2D eigenvalue weighted by Crippen LogP contribution is 2.37. The maximum atomic E-state index is 12.7. The largest absolute Gasteiger partial charge is 0.399 e. The van der Waals surface area contributed by atoms with Crippen LogP contribution in [0.2, 0.25) is 0 Å². The molecule has 1 fully saturated rings. The Hall–Kier alpha value is -1.07. The summed E-state index contributed by atoms with van der Waals surface area (Å²) in [6.07, 6.45) is 2.93. The van der Waals surface area contributed by atoms with Crippen LogP contribution in [0.25, 0.3) is 0 Å². The van der Waals surface area contributed by atoms with E-state index < -0.39 is 10.0 Å². The Morgan fingerprint density at radius 2 is 2.05 bits per heavy atom. The van der Waals surface area contributed by atoms with Crippen LogP contribution in [-0.2, 0) is 16.4 Å². The molecule has 106 valence electrons. The van der Waals surface area contributed by atoms with Crippen molar-refractivity contribution in [2.75, 3.05) is 12.8 Å². The van der Waals surface area contributed by atoms with Crippen molar-refractivity contribution >= 4 is 15.7 Å². The molecule has 1 aliphatic carbocycles. The molecule has 19 heavy (non-hydrogen) atoms. The zero-order valence-electron chi connectivity index (χ0n) is 11.8. The average molecular weight is 282 g/mol. The smallest absolute Gasteiger partial charge is 0.243 e. The number of hydrogen-bond acceptors (Lipinski definition) is 3. The number of benzene rings is 1. The maximum Gasteiger partial charge on any atom is 0.243 e. The van der Waals surface area contributed by atoms with Gasteiger partial charge in [0, 0.05) is 18.8 Å². The predicted octanol–water partition coefficient (Wildman–Crippen LogP) is 2.25. The van der Waals surface area contributed by atoms with E-state index in [2.05, 4.69) is 0 Å². The molecule has 5 heteroatoms. The summed E-state index contributed by atoms with van der Waals surface area (Å²) in [5.74, 6) is 0.505. The first-order valence-corrected chi connectivity index (χ1v) is 8.18. The van der Waals surface area contributed by atoms with Crippen LogP contribution in [0.4, 0.5) is 5.69 Å². The van der Waals surface area contributed by atoms with Crippen LogP contribution in [0.5, 0.6) is 0 Å². The summed E-state index contributed by atoms with van der Waals surface area (Å²) >= 11 is 0. The van der Waals surface area contributed by atoms with Gasteiger partial charge in [0.25, 0.3) is 0 Å². The SMILES string of the molecule is CCc1ccc(N)cc1S(=O)(=O)N(C)C(C)C1CC1. The van der Waals surface area contributed by atoms with Crippen molar-refractivity contribution in [2.24, 2.45) is 5.92 Å². The Kier molecular flexibility index (Phi) is 3.87. The van der Waals surface area contributed by atoms with Gasteiger partial charge in [-0.25, -0.2) is 8.42 Å². The van der Waals surface area contributed by atoms with Gasteiger partial charge in [0.1, 0.15) is 0 Å². The van der Waals surface area contributed by atoms with Gasteiger partial charge in [-0.1, -0.05) is 13.0 Å². The fourth-order valence-electron chi connectivity index (χ4n) is 2.35. The lowest BCUT2D eigenvalue weighted by molar-refractivity contribution is 0.356. The van der Waals surface area contributed by atoms with Gasteiger partial charge in [-0.3, -0.25) is 0 Å². The van der Waals surface area contributed by atoms with Crippen LogP contribution in [0.1, 0.15) is 32.3 Å². The minimum Gasteiger partial charge on any atom is -0.399 e. The zero-order chi connectivity index (χ0) is 14.2. The van der Waals surface area contributed by atoms with Crippen LogP contribution in [-0.4, -0.2) is 25.8 Å². The average Bonchev–Trinajstić information content (AvgIpc) is 3.21. The molecular weight excluding hydrogens is 260 g/mol. The van der Waals surface area contributed by atoms with Crippen LogP contribution in [0, 0.1) is 5.92 Å². The van der Waals surface area contributed by atoms with Gasteiger partial charge in [-0.05, 0) is 49.8 Å². The highest BCUT2D eigenvalue weighted by molar-refractivity contribution is 7.89. The van der Waals surface area contributed by atoms with E-state index in [1.807, 2.05) is 13.8 Å². The molecule has 0 bridgehead atoms. The second kappa shape index (κ2) is 5.13. The van der Waals surface area contributed by atoms with E-state index >= 15 is 0 Å². The molecular formula is C14H22N2O2S. The van der Waals surface area contributed by atoms with Gasteiger partial charge in [-0.15, -0.1) is 0 Å². The lowest BCUT2D eigenvalue weighted by Gasteiger charge is -2.25. The number of nitrogens with two attached hydrogens (primary N) is 1. The summed E-state index contributed by atoms with van der Waals surface area (Å²) < 4.78 is 26.9. The number of sulfonamides is 1. The first-order chi connectivity index (χ1) is 8.87. The quantitative estimate of drug-likeness (QED) is 0.842. The van der Waals surface area contributed by atoms with Gasteiger partial charge in [0.2, 0.25) is 10.0 Å². The molecule has 1 aliphatic rings. The Morgan fingerprint density at radius 1 is 1.42 bits per heavy atom. The normalized spacial score (nSPS) is 17.7. The van der Waals surface area contributed by atoms with Crippen LogP contribution < -0.4 is 5.73 Å². The van der Waals surface area contributed by atoms with E-state index in [0.717, 1.165) is 18.4 Å². The fraction of sp³-hybridized carbons (Fsp3) is 0.571. The first-order valence-electron chi connectivity index (χ1n) is 6.74. The van der Waals surface area contributed by atoms with Gasteiger partial charge in [-0.2, -0.15) is 4.31 Å². The monoisotopic (exact) mass is 282 g/mol. The second-order valence-electron chi connectivity index (χ2n) is 5.32. The summed E-state index contributed by atoms with van der Waals surface area (Å²) in [5.41, 5.74) is 7.06. The van der Waals surface area contributed by atoms with E-state index in [9.17, 15) is 8.42 Å². The molecule has 1 aromatic rings. The summed E-state index contributed by atoms with van der Waals surface area (Å²) in [6, 6.07) is 5.18. The maximum absolute atomic E-state index is 12.7. The molecule has 1 atom stereocenters. The molecule has 2 N–H and O–H groups in total. The highest BCUT2D eigenvalue weighted by Gasteiger charge is 2.36. The number of aryl methyl sites for hydroxylation is 1. The third kappa shape index (κ3) is 2.77. The van der Waals surface area contributed by atoms with Crippen LogP contribution >= 0.6 is 0 Å². The molecule has 0 heterocycles. The summed E-state index contributed by atoms with van der Waals surface area (Å²) in [6.45, 7) is 3.93. The zero-order valence-corrected chi connectivity index (χ0v) is 12.6. The Morgan fingerprint density at radius 3 is 2.58 bits per heavy atom. The first kappa shape index (κ1) is 14.3. The third-order valence-corrected chi connectivity index (χ3v) is 6.03. The second-order valence-corrected chi connectivity index (χ2v) is 7.29. The van der Waals surface area contributed by atoms with Crippen molar-refractivity contribution in [3.63, 3.8) is 0 Å². The number of anilines is 1. The summed E-state index contributed by atoms with van der Waals surface area (Å²) in [4.78, 5) is 0.352. The minimum atomic E-state index is -3.46. The van der Waals surface area contributed by atoms with Gasteiger partial charge >= 0.3 is 0 Å². The third-order valence-electron chi connectivity index (χ3n) is 4.01. The number of nitrogen functional groups attached to an aromatic ring is 1. The van der Waals surface area contributed by atoms with Crippen molar-refractivity contribution in [3.8, 4) is 0 Å². The lowest BCUT2D eigenvalue weighted by Crippen LogP contribution is -2.36. The van der Waals surface area contributed by atoms with E-state index in [-0.39, 0.29) is 6.04 Å². The summed E-state index contributed by atoms with van der Waals surface area (Å²) in [7, 11) is -1.79. The fourth-order valence-corrected chi connectivity index (χ4v) is 4.10. The van der Waals surface area contributed by atoms with Crippen molar-refractivity contribution in [1.82, 2.24) is 4.31 Å². The van der Waals surface area contributed by atoms with Gasteiger partial charge in [0.15, 0.2) is 0 Å². The van der Waals surface area contributed by atoms with Crippen LogP contribution in [0.15, 0.2) is 23.1 Å². The van der Waals surface area contributed by atoms with Crippen molar-refractivity contribution < 1.29 is 8.42 Å². The highest BCUT2D eigenvalue weighted by atomic mass is 32.2. The van der Waals surface area contributed by atoms with Gasteiger partial charge < -0.3 is 5.73 Å². The molecule has 2 rings (SSSR count). The number of nitrogens with zero attached hydrogens (tertiary/aromatic N) is 1. The van der Waals surface area contributed by atoms with E-state index in [1.165, 1.54) is 4.31 Å². The Balaban J connectivity index is 2.40. The molecule has 0 amide bonds. The van der Waals surface area contributed by atoms with Crippen molar-refractivity contribution in [2.45, 2.75) is 44.0 Å². The van der Waals surface area contributed by atoms with Crippen molar-refractivity contribution in [3.05, 3.63) is 23.8 Å². The molecule has 1 unspecified atom stereocenters. The number of hydrogen-bond donors (Lipinski definition) is 1. The van der Waals surface area contributed by atoms with Gasteiger partial charge in [0.05, 0.1) is 4.90 Å². The standard InChI is InChI=1S/C14H22N2O2S/c1-4-11-7-8-13(15)9-14(11)19(17,18)16(3)10(2)12-5-6-12/h7-10,12H,4-6,15H2,1-3H3. The van der Waals surface area contributed by atoms with E-state index in [0.29, 0.717) is 22.9 Å². The molecule has 0 aliphatic heterocycles. The Bertz CT molecular complexity index is 565. The van der Waals surface area contributed by atoms with Crippen LogP contribution in [0.3, 0.4) is 0 Å². The molecule has 1 aromatic carbocycles. The van der Waals surface area contributed by atoms with Crippen molar-refractivity contribution in [1.29, 1.82) is 0 Å². The topological polar surface area (TPSA) is 63.4 Å². The lowest BCUT2D eigenvalue weighted by atomic mass is 10.1. The minimum absolute atomic E-state index is 0.0520. The molecule has 0 saturated heterocycles. The molecule has 0 aromatic heterocycles. The molecule has 0 radical (unpaired) electrons.